The number of ether oxygens (including phenoxy) is 1. The average molecular weight is 373 g/mol. The second-order valence-corrected chi connectivity index (χ2v) is 8.49. The van der Waals surface area contributed by atoms with E-state index in [2.05, 4.69) is 0 Å². The van der Waals surface area contributed by atoms with Crippen molar-refractivity contribution in [3.05, 3.63) is 54.1 Å². The van der Waals surface area contributed by atoms with E-state index in [0.29, 0.717) is 30.9 Å². The maximum absolute atomic E-state index is 12.6. The highest BCUT2D eigenvalue weighted by Crippen LogP contribution is 2.30. The lowest BCUT2D eigenvalue weighted by atomic mass is 10.0. The molecule has 26 heavy (non-hydrogen) atoms. The molecule has 1 aliphatic rings. The third-order valence-electron chi connectivity index (χ3n) is 4.45. The Balaban J connectivity index is 1.61. The predicted octanol–water partition coefficient (Wildman–Crippen LogP) is 3.23. The van der Waals surface area contributed by atoms with Gasteiger partial charge in [-0.15, -0.1) is 0 Å². The molecule has 0 N–H and O–H groups in total. The molecule has 0 unspecified atom stereocenters. The molecule has 0 atom stereocenters. The molecule has 0 bridgehead atoms. The summed E-state index contributed by atoms with van der Waals surface area (Å²) < 4.78 is 29.1. The summed E-state index contributed by atoms with van der Waals surface area (Å²) in [5, 5.41) is 0. The van der Waals surface area contributed by atoms with E-state index in [9.17, 15) is 13.2 Å². The summed E-state index contributed by atoms with van der Waals surface area (Å²) in [6.07, 6.45) is 3.88. The van der Waals surface area contributed by atoms with E-state index in [0.717, 1.165) is 29.8 Å². The van der Waals surface area contributed by atoms with Gasteiger partial charge in [-0.2, -0.15) is 0 Å². The van der Waals surface area contributed by atoms with Crippen molar-refractivity contribution in [2.75, 3.05) is 24.3 Å². The molecule has 0 spiro atoms. The Morgan fingerprint density at radius 1 is 1.15 bits per heavy atom. The standard InChI is InChI=1S/C20H23NO4S/c1-26(23,24)18-11-12-19-16(15-18)7-5-13-21(19)20(22)10-6-14-25-17-8-3-2-4-9-17/h2-4,8-9,11-12,15H,5-7,10,13-14H2,1H3. The van der Waals surface area contributed by atoms with E-state index >= 15 is 0 Å². The van der Waals surface area contributed by atoms with Crippen molar-refractivity contribution in [3.8, 4) is 5.75 Å². The minimum atomic E-state index is -3.24. The van der Waals surface area contributed by atoms with Gasteiger partial charge in [0.1, 0.15) is 5.75 Å². The van der Waals surface area contributed by atoms with Crippen LogP contribution in [0.4, 0.5) is 5.69 Å². The van der Waals surface area contributed by atoms with Gasteiger partial charge in [-0.1, -0.05) is 18.2 Å². The number of hydrogen-bond acceptors (Lipinski definition) is 4. The zero-order valence-corrected chi connectivity index (χ0v) is 15.7. The fourth-order valence-electron chi connectivity index (χ4n) is 3.13. The Morgan fingerprint density at radius 2 is 1.92 bits per heavy atom. The van der Waals surface area contributed by atoms with Crippen LogP contribution in [0.15, 0.2) is 53.4 Å². The van der Waals surface area contributed by atoms with E-state index in [1.807, 2.05) is 30.3 Å². The number of nitrogens with zero attached hydrogens (tertiary/aromatic N) is 1. The first kappa shape index (κ1) is 18.5. The normalized spacial score (nSPS) is 14.0. The molecule has 0 fully saturated rings. The van der Waals surface area contributed by atoms with Gasteiger partial charge in [0.05, 0.1) is 11.5 Å². The molecule has 0 saturated heterocycles. The Hall–Kier alpha value is -2.34. The Bertz CT molecular complexity index is 878. The van der Waals surface area contributed by atoms with Crippen LogP contribution in [0, 0.1) is 0 Å². The summed E-state index contributed by atoms with van der Waals surface area (Å²) in [7, 11) is -3.24. The minimum absolute atomic E-state index is 0.0507. The highest BCUT2D eigenvalue weighted by Gasteiger charge is 2.23. The highest BCUT2D eigenvalue weighted by molar-refractivity contribution is 7.90. The molecule has 1 aliphatic heterocycles. The van der Waals surface area contributed by atoms with Crippen LogP contribution in [0.2, 0.25) is 0 Å². The molecule has 2 aromatic rings. The van der Waals surface area contributed by atoms with Gasteiger partial charge in [0.15, 0.2) is 9.84 Å². The molecule has 2 aromatic carbocycles. The molecule has 0 aromatic heterocycles. The number of carbonyl (C=O) groups excluding carboxylic acids is 1. The monoisotopic (exact) mass is 373 g/mol. The van der Waals surface area contributed by atoms with Gasteiger partial charge < -0.3 is 9.64 Å². The minimum Gasteiger partial charge on any atom is -0.494 e. The van der Waals surface area contributed by atoms with Gasteiger partial charge in [-0.3, -0.25) is 4.79 Å². The van der Waals surface area contributed by atoms with Gasteiger partial charge in [0.2, 0.25) is 5.91 Å². The van der Waals surface area contributed by atoms with Crippen LogP contribution in [0.25, 0.3) is 0 Å². The van der Waals surface area contributed by atoms with E-state index < -0.39 is 9.84 Å². The maximum atomic E-state index is 12.6. The molecule has 0 radical (unpaired) electrons. The van der Waals surface area contributed by atoms with E-state index in [1.54, 1.807) is 23.1 Å². The van der Waals surface area contributed by atoms with Crippen LogP contribution >= 0.6 is 0 Å². The molecule has 0 aliphatic carbocycles. The Morgan fingerprint density at radius 3 is 2.65 bits per heavy atom. The first-order valence-electron chi connectivity index (χ1n) is 8.76. The van der Waals surface area contributed by atoms with Crippen LogP contribution in [-0.4, -0.2) is 33.7 Å². The van der Waals surface area contributed by atoms with Gasteiger partial charge in [-0.25, -0.2) is 8.42 Å². The number of hydrogen-bond donors (Lipinski definition) is 0. The Kier molecular flexibility index (Phi) is 5.61. The van der Waals surface area contributed by atoms with Crippen LogP contribution in [0.3, 0.4) is 0 Å². The largest absolute Gasteiger partial charge is 0.494 e. The summed E-state index contributed by atoms with van der Waals surface area (Å²) in [6, 6.07) is 14.6. The zero-order chi connectivity index (χ0) is 18.6. The van der Waals surface area contributed by atoms with Crippen molar-refractivity contribution >= 4 is 21.4 Å². The summed E-state index contributed by atoms with van der Waals surface area (Å²) >= 11 is 0. The van der Waals surface area contributed by atoms with Gasteiger partial charge in [-0.05, 0) is 55.2 Å². The predicted molar refractivity (Wildman–Crippen MR) is 101 cm³/mol. The number of amides is 1. The molecule has 5 nitrogen and oxygen atoms in total. The summed E-state index contributed by atoms with van der Waals surface area (Å²) in [5.74, 6) is 0.853. The highest BCUT2D eigenvalue weighted by atomic mass is 32.2. The van der Waals surface area contributed by atoms with Crippen molar-refractivity contribution in [1.82, 2.24) is 0 Å². The van der Waals surface area contributed by atoms with Crippen LogP contribution in [-0.2, 0) is 21.1 Å². The molecule has 1 amide bonds. The second kappa shape index (κ2) is 7.91. The third-order valence-corrected chi connectivity index (χ3v) is 5.56. The molecule has 1 heterocycles. The molecule has 3 rings (SSSR count). The molecule has 6 heteroatoms. The van der Waals surface area contributed by atoms with Crippen LogP contribution < -0.4 is 9.64 Å². The van der Waals surface area contributed by atoms with Crippen LogP contribution in [0.1, 0.15) is 24.8 Å². The van der Waals surface area contributed by atoms with Crippen molar-refractivity contribution in [1.29, 1.82) is 0 Å². The quantitative estimate of drug-likeness (QED) is 0.729. The van der Waals surface area contributed by atoms with Crippen molar-refractivity contribution in [3.63, 3.8) is 0 Å². The summed E-state index contributed by atoms with van der Waals surface area (Å²) in [4.78, 5) is 14.7. The lowest BCUT2D eigenvalue weighted by molar-refractivity contribution is -0.118. The summed E-state index contributed by atoms with van der Waals surface area (Å²) in [5.41, 5.74) is 1.76. The number of fused-ring (bicyclic) bond motifs is 1. The lowest BCUT2D eigenvalue weighted by Gasteiger charge is -2.30. The lowest BCUT2D eigenvalue weighted by Crippen LogP contribution is -2.35. The first-order valence-corrected chi connectivity index (χ1v) is 10.7. The SMILES string of the molecule is CS(=O)(=O)c1ccc2c(c1)CCCN2C(=O)CCCOc1ccccc1. The molecule has 0 saturated carbocycles. The van der Waals surface area contributed by atoms with E-state index in [-0.39, 0.29) is 5.91 Å². The first-order chi connectivity index (χ1) is 12.4. The second-order valence-electron chi connectivity index (χ2n) is 6.48. The van der Waals surface area contributed by atoms with E-state index in [4.69, 9.17) is 4.74 Å². The number of sulfone groups is 1. The fourth-order valence-corrected chi connectivity index (χ4v) is 3.80. The number of aryl methyl sites for hydroxylation is 1. The van der Waals surface area contributed by atoms with Crippen molar-refractivity contribution in [2.24, 2.45) is 0 Å². The Labute approximate surface area is 154 Å². The topological polar surface area (TPSA) is 63.7 Å². The number of anilines is 1. The number of benzene rings is 2. The zero-order valence-electron chi connectivity index (χ0n) is 14.8. The van der Waals surface area contributed by atoms with Crippen molar-refractivity contribution < 1.29 is 17.9 Å². The smallest absolute Gasteiger partial charge is 0.227 e. The number of para-hydroxylation sites is 1. The molecule has 138 valence electrons. The van der Waals surface area contributed by atoms with Gasteiger partial charge in [0.25, 0.3) is 0 Å². The van der Waals surface area contributed by atoms with Crippen molar-refractivity contribution in [2.45, 2.75) is 30.6 Å². The maximum Gasteiger partial charge on any atom is 0.227 e. The summed E-state index contributed by atoms with van der Waals surface area (Å²) in [6.45, 7) is 1.16. The fraction of sp³-hybridized carbons (Fsp3) is 0.350. The number of carbonyl (C=O) groups is 1. The van der Waals surface area contributed by atoms with E-state index in [1.165, 1.54) is 6.26 Å². The number of rotatable bonds is 6. The van der Waals surface area contributed by atoms with Crippen LogP contribution in [0.5, 0.6) is 5.75 Å². The van der Waals surface area contributed by atoms with Gasteiger partial charge >= 0.3 is 0 Å². The third kappa shape index (κ3) is 4.43. The average Bonchev–Trinajstić information content (AvgIpc) is 2.64. The molecular formula is C20H23NO4S. The molecular weight excluding hydrogens is 350 g/mol. The van der Waals surface area contributed by atoms with Gasteiger partial charge in [0, 0.05) is 24.9 Å².